The fourth-order valence-electron chi connectivity index (χ4n) is 2.65. The molecule has 11 heteroatoms. The highest BCUT2D eigenvalue weighted by Gasteiger charge is 2.49. The number of benzene rings is 2. The summed E-state index contributed by atoms with van der Waals surface area (Å²) in [6, 6.07) is 4.19. The molecule has 0 saturated carbocycles. The van der Waals surface area contributed by atoms with Crippen LogP contribution in [0.3, 0.4) is 0 Å². The van der Waals surface area contributed by atoms with Crippen molar-refractivity contribution < 1.29 is 44.8 Å². The summed E-state index contributed by atoms with van der Waals surface area (Å²) in [6.07, 6.45) is 0.634. The van der Waals surface area contributed by atoms with Crippen LogP contribution in [0.25, 0.3) is 10.8 Å². The van der Waals surface area contributed by atoms with E-state index in [4.69, 9.17) is 5.11 Å². The van der Waals surface area contributed by atoms with Crippen LogP contribution in [0.15, 0.2) is 18.2 Å². The maximum Gasteiger partial charge on any atom is 0.534 e. The minimum atomic E-state index is -5.84. The number of aliphatic hydroxyl groups is 1. The number of halogens is 4. The van der Waals surface area contributed by atoms with E-state index in [1.165, 1.54) is 6.07 Å². The lowest BCUT2D eigenvalue weighted by atomic mass is 9.96. The second-order valence-electron chi connectivity index (χ2n) is 8.08. The van der Waals surface area contributed by atoms with Crippen molar-refractivity contribution >= 4 is 27.4 Å². The average Bonchev–Trinajstić information content (AvgIpc) is 2.67. The zero-order valence-corrected chi connectivity index (χ0v) is 21.2. The summed E-state index contributed by atoms with van der Waals surface area (Å²) >= 11 is 0. The molecule has 0 spiro atoms. The number of hydrogen-bond acceptors (Lipinski definition) is 6. The molecule has 0 amide bonds. The first kappa shape index (κ1) is 31.6. The molecule has 0 aromatic heterocycles. The number of carbonyl (C=O) groups excluding carboxylic acids is 1. The molecule has 0 atom stereocenters. The number of alkyl halides is 3. The molecule has 194 valence electrons. The van der Waals surface area contributed by atoms with E-state index in [0.29, 0.717) is 41.6 Å². The fourth-order valence-corrected chi connectivity index (χ4v) is 3.15. The van der Waals surface area contributed by atoms with Crippen molar-refractivity contribution in [3.63, 3.8) is 0 Å². The largest absolute Gasteiger partial charge is 0.534 e. The molecule has 2 rings (SSSR count). The zero-order valence-electron chi connectivity index (χ0n) is 20.3. The zero-order chi connectivity index (χ0) is 26.9. The second-order valence-corrected chi connectivity index (χ2v) is 9.62. The predicted octanol–water partition coefficient (Wildman–Crippen LogP) is 5.60. The van der Waals surface area contributed by atoms with E-state index in [1.54, 1.807) is 54.5 Å². The number of aryl methyl sites for hydroxylation is 2. The maximum absolute atomic E-state index is 14.1. The number of fused-ring (bicyclic) bond motifs is 1. The van der Waals surface area contributed by atoms with Crippen LogP contribution >= 0.6 is 0 Å². The number of rotatable bonds is 6. The number of ether oxygens (including phenoxy) is 1. The second kappa shape index (κ2) is 12.9. The smallest absolute Gasteiger partial charge is 0.468 e. The van der Waals surface area contributed by atoms with Gasteiger partial charge in [0.15, 0.2) is 5.75 Å². The van der Waals surface area contributed by atoms with Crippen molar-refractivity contribution in [2.24, 2.45) is 0 Å². The van der Waals surface area contributed by atoms with Crippen LogP contribution in [0, 0.1) is 12.7 Å². The van der Waals surface area contributed by atoms with Gasteiger partial charge in [-0.15, -0.1) is 0 Å². The van der Waals surface area contributed by atoms with Gasteiger partial charge in [0, 0.05) is 5.39 Å². The molecule has 34 heavy (non-hydrogen) atoms. The first-order chi connectivity index (χ1) is 15.4. The molecule has 0 saturated heterocycles. The molecule has 0 aliphatic heterocycles. The Morgan fingerprint density at radius 3 is 1.91 bits per heavy atom. The Morgan fingerprint density at radius 1 is 1.03 bits per heavy atom. The molecule has 0 aliphatic carbocycles. The minimum absolute atomic E-state index is 0.0000231. The van der Waals surface area contributed by atoms with Crippen molar-refractivity contribution in [3.8, 4) is 5.75 Å². The van der Waals surface area contributed by atoms with Crippen molar-refractivity contribution in [1.29, 1.82) is 0 Å². The van der Waals surface area contributed by atoms with Gasteiger partial charge in [-0.25, -0.2) is 4.39 Å². The summed E-state index contributed by atoms with van der Waals surface area (Å²) in [5.41, 5.74) is -4.81. The van der Waals surface area contributed by atoms with E-state index in [9.17, 15) is 30.8 Å². The summed E-state index contributed by atoms with van der Waals surface area (Å²) in [7, 11) is -5.84. The van der Waals surface area contributed by atoms with Crippen molar-refractivity contribution in [2.75, 3.05) is 6.61 Å². The van der Waals surface area contributed by atoms with E-state index >= 15 is 0 Å². The lowest BCUT2D eigenvalue weighted by molar-refractivity contribution is -0.128. The third-order valence-electron chi connectivity index (χ3n) is 4.03. The van der Waals surface area contributed by atoms with Crippen LogP contribution < -0.4 is 4.18 Å². The Hall–Kier alpha value is -2.40. The maximum atomic E-state index is 14.1. The van der Waals surface area contributed by atoms with Gasteiger partial charge in [0.2, 0.25) is 0 Å². The van der Waals surface area contributed by atoms with Gasteiger partial charge in [0.1, 0.15) is 5.82 Å². The molecule has 0 radical (unpaired) electrons. The van der Waals surface area contributed by atoms with E-state index in [2.05, 4.69) is 8.92 Å². The minimum Gasteiger partial charge on any atom is -0.468 e. The van der Waals surface area contributed by atoms with E-state index in [0.717, 1.165) is 6.07 Å². The van der Waals surface area contributed by atoms with E-state index < -0.39 is 32.8 Å². The van der Waals surface area contributed by atoms with Crippen LogP contribution in [0.2, 0.25) is 0 Å². The van der Waals surface area contributed by atoms with Crippen molar-refractivity contribution in [2.45, 2.75) is 72.4 Å². The Kier molecular flexibility index (Phi) is 12.0. The van der Waals surface area contributed by atoms with Gasteiger partial charge >= 0.3 is 15.6 Å². The monoisotopic (exact) mass is 512 g/mol. The highest BCUT2D eigenvalue weighted by Crippen LogP contribution is 2.38. The molecule has 0 heterocycles. The number of hydrogen-bond donors (Lipinski definition) is 1. The molecular weight excluding hydrogens is 480 g/mol. The Labute approximate surface area is 198 Å². The molecular formula is C23H32F4O6S. The highest BCUT2D eigenvalue weighted by atomic mass is 32.2. The van der Waals surface area contributed by atoms with Crippen LogP contribution in [0.4, 0.5) is 17.6 Å². The lowest BCUT2D eigenvalue weighted by Crippen LogP contribution is -2.28. The van der Waals surface area contributed by atoms with Crippen molar-refractivity contribution in [3.05, 3.63) is 40.7 Å². The summed E-state index contributed by atoms with van der Waals surface area (Å²) in [5, 5.41) is 8.95. The quantitative estimate of drug-likeness (QED) is 0.235. The van der Waals surface area contributed by atoms with Gasteiger partial charge < -0.3 is 14.0 Å². The van der Waals surface area contributed by atoms with Crippen LogP contribution in [0.1, 0.15) is 58.2 Å². The third kappa shape index (κ3) is 9.84. The highest BCUT2D eigenvalue weighted by molar-refractivity contribution is 7.88. The first-order valence-corrected chi connectivity index (χ1v) is 11.9. The normalized spacial score (nSPS) is 11.6. The SMILES string of the molecule is CC(C)(C)O.CCOC=O.CCc1cc2cc(C)c(CC)c(OS(=O)(=O)C(F)(F)F)c2cc1F. The standard InChI is InChI=1S/C16H16F4O3S.C4H10O.C3H6O2/c1-4-10-7-11-6-9(3)12(5-2)15(13(11)8-14(10)17)23-24(21,22)16(18,19)20;1-4(2,3)5;1-2-5-3-4/h6-8H,4-5H2,1-3H3;5H,1-3H3;3H,2H2,1H3. The molecule has 1 N–H and O–H groups in total. The molecule has 0 aliphatic rings. The molecule has 0 bridgehead atoms. The summed E-state index contributed by atoms with van der Waals surface area (Å²) in [5.74, 6) is -1.09. The van der Waals surface area contributed by atoms with Crippen molar-refractivity contribution in [1.82, 2.24) is 0 Å². The fraction of sp³-hybridized carbons (Fsp3) is 0.522. The summed E-state index contributed by atoms with van der Waals surface area (Å²) < 4.78 is 83.4. The number of carbonyl (C=O) groups is 1. The predicted molar refractivity (Wildman–Crippen MR) is 123 cm³/mol. The van der Waals surface area contributed by atoms with Crippen LogP contribution in [0.5, 0.6) is 5.75 Å². The average molecular weight is 513 g/mol. The summed E-state index contributed by atoms with van der Waals surface area (Å²) in [6.45, 7) is 12.9. The molecule has 0 fully saturated rings. The van der Waals surface area contributed by atoms with Gasteiger partial charge in [-0.2, -0.15) is 21.6 Å². The Bertz CT molecular complexity index is 1050. The van der Waals surface area contributed by atoms with Crippen LogP contribution in [-0.2, 0) is 32.5 Å². The van der Waals surface area contributed by atoms with Gasteiger partial charge in [0.25, 0.3) is 6.47 Å². The van der Waals surface area contributed by atoms with Gasteiger partial charge in [-0.3, -0.25) is 4.79 Å². The Balaban J connectivity index is 0.000000916. The molecule has 2 aromatic carbocycles. The van der Waals surface area contributed by atoms with Crippen LogP contribution in [-0.4, -0.2) is 37.7 Å². The molecule has 0 unspecified atom stereocenters. The molecule has 2 aromatic rings. The lowest BCUT2D eigenvalue weighted by Gasteiger charge is -2.17. The molecule has 6 nitrogen and oxygen atoms in total. The van der Waals surface area contributed by atoms with Gasteiger partial charge in [-0.1, -0.05) is 19.9 Å². The topological polar surface area (TPSA) is 89.9 Å². The third-order valence-corrected chi connectivity index (χ3v) is 4.98. The van der Waals surface area contributed by atoms with E-state index in [-0.39, 0.29) is 11.8 Å². The summed E-state index contributed by atoms with van der Waals surface area (Å²) in [4.78, 5) is 9.18. The van der Waals surface area contributed by atoms with Gasteiger partial charge in [0.05, 0.1) is 12.2 Å². The van der Waals surface area contributed by atoms with E-state index in [1.807, 2.05) is 0 Å². The Morgan fingerprint density at radius 2 is 1.56 bits per heavy atom. The first-order valence-electron chi connectivity index (χ1n) is 10.5. The van der Waals surface area contributed by atoms with Gasteiger partial charge in [-0.05, 0) is 81.7 Å².